The van der Waals surface area contributed by atoms with Crippen molar-refractivity contribution in [1.82, 2.24) is 0 Å². The van der Waals surface area contributed by atoms with Crippen LogP contribution in [0.4, 0.5) is 11.4 Å². The Bertz CT molecular complexity index is 1070. The lowest BCUT2D eigenvalue weighted by atomic mass is 10.0. The summed E-state index contributed by atoms with van der Waals surface area (Å²) in [5.41, 5.74) is 1.23. The van der Waals surface area contributed by atoms with Gasteiger partial charge in [-0.2, -0.15) is 0 Å². The Hall–Kier alpha value is -3.39. The Balaban J connectivity index is 2.19. The third-order valence-electron chi connectivity index (χ3n) is 4.53. The molecule has 3 rings (SSSR count). The van der Waals surface area contributed by atoms with Gasteiger partial charge in [0.2, 0.25) is 0 Å². The topological polar surface area (TPSA) is 89.8 Å². The highest BCUT2D eigenvalue weighted by Crippen LogP contribution is 2.37. The standard InChI is InChI=1S/C21H18N2O5S/c1-13-19(21(25)28-2)17(11-14-7-4-5-10-18(14)23(26)27)20(24)22(13)15-8-6-9-16(12-15)29-3/h4-12H,1-3H3/b17-11-. The molecule has 0 atom stereocenters. The molecule has 0 N–H and O–H groups in total. The van der Waals surface area contributed by atoms with Crippen LogP contribution < -0.4 is 4.90 Å². The minimum absolute atomic E-state index is 0.0539. The third-order valence-corrected chi connectivity index (χ3v) is 5.26. The van der Waals surface area contributed by atoms with Gasteiger partial charge in [-0.05, 0) is 43.5 Å². The minimum atomic E-state index is -0.677. The van der Waals surface area contributed by atoms with E-state index >= 15 is 0 Å². The van der Waals surface area contributed by atoms with Gasteiger partial charge in [-0.15, -0.1) is 11.8 Å². The predicted molar refractivity (Wildman–Crippen MR) is 111 cm³/mol. The first-order valence-corrected chi connectivity index (χ1v) is 9.84. The number of hydrogen-bond donors (Lipinski definition) is 0. The minimum Gasteiger partial charge on any atom is -0.465 e. The molecule has 2 aromatic rings. The van der Waals surface area contributed by atoms with Crippen LogP contribution in [0.5, 0.6) is 0 Å². The number of methoxy groups -OCH3 is 1. The number of rotatable bonds is 5. The van der Waals surface area contributed by atoms with Crippen molar-refractivity contribution in [3.8, 4) is 0 Å². The number of esters is 1. The van der Waals surface area contributed by atoms with E-state index in [1.54, 1.807) is 25.1 Å². The molecule has 0 saturated heterocycles. The SMILES string of the molecule is COC(=O)C1=C(C)N(c2cccc(SC)c2)C(=O)/C1=C\c1ccccc1[N+](=O)[O-]. The number of carbonyl (C=O) groups is 2. The number of benzene rings is 2. The lowest BCUT2D eigenvalue weighted by Crippen LogP contribution is -2.24. The van der Waals surface area contributed by atoms with E-state index in [4.69, 9.17) is 4.74 Å². The summed E-state index contributed by atoms with van der Waals surface area (Å²) in [5, 5.41) is 11.3. The molecule has 0 fully saturated rings. The van der Waals surface area contributed by atoms with E-state index in [1.807, 2.05) is 24.5 Å². The Kier molecular flexibility index (Phi) is 5.84. The number of para-hydroxylation sites is 1. The number of ether oxygens (including phenoxy) is 1. The number of hydrogen-bond acceptors (Lipinski definition) is 6. The molecule has 1 amide bonds. The molecule has 7 nitrogen and oxygen atoms in total. The Morgan fingerprint density at radius 2 is 1.93 bits per heavy atom. The Labute approximate surface area is 171 Å². The number of nitro groups is 1. The molecule has 0 saturated carbocycles. The molecule has 0 aliphatic carbocycles. The average molecular weight is 410 g/mol. The molecule has 0 unspecified atom stereocenters. The summed E-state index contributed by atoms with van der Waals surface area (Å²) >= 11 is 1.53. The highest BCUT2D eigenvalue weighted by atomic mass is 32.2. The number of allylic oxidation sites excluding steroid dienone is 1. The summed E-state index contributed by atoms with van der Waals surface area (Å²) in [7, 11) is 1.23. The van der Waals surface area contributed by atoms with Crippen LogP contribution in [-0.2, 0) is 14.3 Å². The zero-order chi connectivity index (χ0) is 21.1. The average Bonchev–Trinajstić information content (AvgIpc) is 2.97. The van der Waals surface area contributed by atoms with Crippen LogP contribution in [0.1, 0.15) is 12.5 Å². The Morgan fingerprint density at radius 3 is 2.59 bits per heavy atom. The van der Waals surface area contributed by atoms with E-state index in [0.717, 1.165) is 4.90 Å². The smallest absolute Gasteiger partial charge is 0.340 e. The number of thioether (sulfide) groups is 1. The van der Waals surface area contributed by atoms with Gasteiger partial charge < -0.3 is 4.74 Å². The van der Waals surface area contributed by atoms with Crippen LogP contribution in [0.2, 0.25) is 0 Å². The van der Waals surface area contributed by atoms with Crippen molar-refractivity contribution in [2.45, 2.75) is 11.8 Å². The second-order valence-electron chi connectivity index (χ2n) is 6.17. The number of nitrogens with zero attached hydrogens (tertiary/aromatic N) is 2. The number of amides is 1. The van der Waals surface area contributed by atoms with Crippen LogP contribution in [0.25, 0.3) is 6.08 Å². The van der Waals surface area contributed by atoms with Gasteiger partial charge in [0.05, 0.1) is 34.4 Å². The fraction of sp³-hybridized carbons (Fsp3) is 0.143. The van der Waals surface area contributed by atoms with E-state index in [9.17, 15) is 19.7 Å². The first-order chi connectivity index (χ1) is 13.9. The zero-order valence-corrected chi connectivity index (χ0v) is 16.9. The van der Waals surface area contributed by atoms with Crippen LogP contribution in [0.15, 0.2) is 70.3 Å². The third kappa shape index (κ3) is 3.79. The number of anilines is 1. The molecular formula is C21H18N2O5S. The van der Waals surface area contributed by atoms with Gasteiger partial charge in [0, 0.05) is 16.7 Å². The van der Waals surface area contributed by atoms with Crippen molar-refractivity contribution in [2.75, 3.05) is 18.3 Å². The fourth-order valence-corrected chi connectivity index (χ4v) is 3.63. The van der Waals surface area contributed by atoms with E-state index < -0.39 is 16.8 Å². The molecule has 2 aromatic carbocycles. The highest BCUT2D eigenvalue weighted by molar-refractivity contribution is 7.98. The van der Waals surface area contributed by atoms with Gasteiger partial charge in [0.15, 0.2) is 0 Å². The van der Waals surface area contributed by atoms with E-state index in [0.29, 0.717) is 11.4 Å². The summed E-state index contributed by atoms with van der Waals surface area (Å²) in [6.45, 7) is 1.65. The fourth-order valence-electron chi connectivity index (χ4n) is 3.17. The van der Waals surface area contributed by atoms with Crippen molar-refractivity contribution in [3.63, 3.8) is 0 Å². The quantitative estimate of drug-likeness (QED) is 0.241. The van der Waals surface area contributed by atoms with Crippen molar-refractivity contribution in [1.29, 1.82) is 0 Å². The summed E-state index contributed by atoms with van der Waals surface area (Å²) in [5.74, 6) is -1.12. The maximum Gasteiger partial charge on any atom is 0.340 e. The largest absolute Gasteiger partial charge is 0.465 e. The van der Waals surface area contributed by atoms with Crippen LogP contribution in [0.3, 0.4) is 0 Å². The van der Waals surface area contributed by atoms with E-state index in [1.165, 1.54) is 42.0 Å². The van der Waals surface area contributed by atoms with Crippen molar-refractivity contribution in [3.05, 3.63) is 81.1 Å². The maximum atomic E-state index is 13.3. The lowest BCUT2D eigenvalue weighted by molar-refractivity contribution is -0.385. The normalized spacial score (nSPS) is 15.2. The molecule has 0 aromatic heterocycles. The van der Waals surface area contributed by atoms with Gasteiger partial charge in [-0.3, -0.25) is 19.8 Å². The molecule has 0 bridgehead atoms. The second-order valence-corrected chi connectivity index (χ2v) is 7.05. The van der Waals surface area contributed by atoms with Gasteiger partial charge in [-0.1, -0.05) is 18.2 Å². The predicted octanol–water partition coefficient (Wildman–Crippen LogP) is 4.19. The first kappa shape index (κ1) is 20.3. The van der Waals surface area contributed by atoms with Crippen molar-refractivity contribution >= 4 is 41.1 Å². The van der Waals surface area contributed by atoms with Crippen LogP contribution in [-0.4, -0.2) is 30.2 Å². The van der Waals surface area contributed by atoms with Gasteiger partial charge in [0.1, 0.15) is 0 Å². The van der Waals surface area contributed by atoms with Crippen LogP contribution >= 0.6 is 11.8 Å². The van der Waals surface area contributed by atoms with Crippen molar-refractivity contribution < 1.29 is 19.2 Å². The summed E-state index contributed by atoms with van der Waals surface area (Å²) < 4.78 is 4.87. The molecule has 29 heavy (non-hydrogen) atoms. The van der Waals surface area contributed by atoms with Crippen molar-refractivity contribution in [2.24, 2.45) is 0 Å². The Morgan fingerprint density at radius 1 is 1.21 bits per heavy atom. The lowest BCUT2D eigenvalue weighted by Gasteiger charge is -2.18. The molecule has 1 aliphatic heterocycles. The molecule has 1 aliphatic rings. The first-order valence-electron chi connectivity index (χ1n) is 8.62. The van der Waals surface area contributed by atoms with Gasteiger partial charge in [-0.25, -0.2) is 4.79 Å². The molecule has 8 heteroatoms. The molecular weight excluding hydrogens is 392 g/mol. The molecule has 148 valence electrons. The van der Waals surface area contributed by atoms with E-state index in [2.05, 4.69) is 0 Å². The number of nitro benzene ring substituents is 1. The summed E-state index contributed by atoms with van der Waals surface area (Å²) in [6, 6.07) is 13.4. The van der Waals surface area contributed by atoms with Gasteiger partial charge >= 0.3 is 5.97 Å². The highest BCUT2D eigenvalue weighted by Gasteiger charge is 2.38. The van der Waals surface area contributed by atoms with E-state index in [-0.39, 0.29) is 22.4 Å². The molecule has 0 radical (unpaired) electrons. The number of carbonyl (C=O) groups excluding carboxylic acids is 2. The maximum absolute atomic E-state index is 13.3. The monoisotopic (exact) mass is 410 g/mol. The van der Waals surface area contributed by atoms with Crippen LogP contribution in [0, 0.1) is 10.1 Å². The summed E-state index contributed by atoms with van der Waals surface area (Å²) in [4.78, 5) is 38.9. The summed E-state index contributed by atoms with van der Waals surface area (Å²) in [6.07, 6.45) is 3.29. The van der Waals surface area contributed by atoms with Gasteiger partial charge in [0.25, 0.3) is 11.6 Å². The molecule has 1 heterocycles. The zero-order valence-electron chi connectivity index (χ0n) is 16.0. The molecule has 0 spiro atoms. The second kappa shape index (κ2) is 8.32.